The first-order chi connectivity index (χ1) is 9.52. The molecule has 2 amide bonds. The van der Waals surface area contributed by atoms with Crippen LogP contribution in [0.2, 0.25) is 0 Å². The molecule has 0 spiro atoms. The fourth-order valence-corrected chi connectivity index (χ4v) is 1.58. The maximum absolute atomic E-state index is 11.5. The number of benzene rings is 1. The number of carbonyl (C=O) groups is 2. The van der Waals surface area contributed by atoms with E-state index in [1.807, 2.05) is 0 Å². The number of phenolic OH excluding ortho intramolecular Hbond substituents is 1. The van der Waals surface area contributed by atoms with Gasteiger partial charge in [0.05, 0.1) is 0 Å². The number of nitrogens with two attached hydrogens (primary N) is 1. The molecule has 1 aromatic rings. The van der Waals surface area contributed by atoms with Gasteiger partial charge in [0.15, 0.2) is 0 Å². The van der Waals surface area contributed by atoms with E-state index >= 15 is 0 Å². The molecule has 0 saturated heterocycles. The lowest BCUT2D eigenvalue weighted by molar-refractivity contribution is -0.139. The van der Waals surface area contributed by atoms with Crippen LogP contribution < -0.4 is 16.4 Å². The van der Waals surface area contributed by atoms with Crippen LogP contribution in [0, 0.1) is 0 Å². The van der Waals surface area contributed by atoms with E-state index in [0.29, 0.717) is 25.1 Å². The lowest BCUT2D eigenvalue weighted by Crippen LogP contribution is -2.47. The SMILES string of the molecule is NCCCNC(=O)NC(Cc1ccc(O)cc1)C(=O)O. The summed E-state index contributed by atoms with van der Waals surface area (Å²) in [6.07, 6.45) is 0.767. The van der Waals surface area contributed by atoms with Crippen LogP contribution in [0.25, 0.3) is 0 Å². The summed E-state index contributed by atoms with van der Waals surface area (Å²) in [5.41, 5.74) is 6.00. The number of aromatic hydroxyl groups is 1. The number of hydrogen-bond acceptors (Lipinski definition) is 4. The van der Waals surface area contributed by atoms with Crippen molar-refractivity contribution in [3.63, 3.8) is 0 Å². The number of phenols is 1. The lowest BCUT2D eigenvalue weighted by atomic mass is 10.1. The second kappa shape index (κ2) is 8.00. The molecule has 0 aliphatic heterocycles. The Morgan fingerprint density at radius 2 is 1.90 bits per heavy atom. The van der Waals surface area contributed by atoms with Crippen LogP contribution in [0.5, 0.6) is 5.75 Å². The number of hydrogen-bond donors (Lipinski definition) is 5. The van der Waals surface area contributed by atoms with Crippen molar-refractivity contribution in [2.75, 3.05) is 13.1 Å². The quantitative estimate of drug-likeness (QED) is 0.451. The highest BCUT2D eigenvalue weighted by atomic mass is 16.4. The Morgan fingerprint density at radius 3 is 2.45 bits per heavy atom. The van der Waals surface area contributed by atoms with Gasteiger partial charge in [-0.2, -0.15) is 0 Å². The Hall–Kier alpha value is -2.28. The number of carbonyl (C=O) groups excluding carboxylic acids is 1. The van der Waals surface area contributed by atoms with Gasteiger partial charge >= 0.3 is 12.0 Å². The first kappa shape index (κ1) is 15.8. The summed E-state index contributed by atoms with van der Waals surface area (Å²) in [6.45, 7) is 0.851. The Morgan fingerprint density at radius 1 is 1.25 bits per heavy atom. The first-order valence-corrected chi connectivity index (χ1v) is 6.28. The molecule has 1 rings (SSSR count). The minimum absolute atomic E-state index is 0.105. The minimum Gasteiger partial charge on any atom is -0.508 e. The predicted octanol–water partition coefficient (Wildman–Crippen LogP) is 0.0359. The second-order valence-electron chi connectivity index (χ2n) is 4.30. The molecule has 0 saturated carbocycles. The Bertz CT molecular complexity index is 447. The molecule has 0 aliphatic rings. The number of carboxylic acids is 1. The highest BCUT2D eigenvalue weighted by molar-refractivity contribution is 5.82. The third-order valence-electron chi connectivity index (χ3n) is 2.65. The normalized spacial score (nSPS) is 11.7. The Balaban J connectivity index is 2.54. The molecule has 1 atom stereocenters. The first-order valence-electron chi connectivity index (χ1n) is 6.28. The molecule has 20 heavy (non-hydrogen) atoms. The molecule has 0 radical (unpaired) electrons. The van der Waals surface area contributed by atoms with Crippen LogP contribution in [0.1, 0.15) is 12.0 Å². The van der Waals surface area contributed by atoms with Crippen LogP contribution >= 0.6 is 0 Å². The number of nitrogens with one attached hydrogen (secondary N) is 2. The van der Waals surface area contributed by atoms with Gasteiger partial charge in [0.1, 0.15) is 11.8 Å². The lowest BCUT2D eigenvalue weighted by Gasteiger charge is -2.15. The van der Waals surface area contributed by atoms with E-state index in [-0.39, 0.29) is 12.2 Å². The average Bonchev–Trinajstić information content (AvgIpc) is 2.40. The second-order valence-corrected chi connectivity index (χ2v) is 4.30. The molecule has 0 heterocycles. The molecule has 1 aromatic carbocycles. The van der Waals surface area contributed by atoms with E-state index in [0.717, 1.165) is 0 Å². The van der Waals surface area contributed by atoms with Crippen molar-refractivity contribution in [3.05, 3.63) is 29.8 Å². The van der Waals surface area contributed by atoms with E-state index in [1.165, 1.54) is 12.1 Å². The zero-order valence-electron chi connectivity index (χ0n) is 11.0. The summed E-state index contributed by atoms with van der Waals surface area (Å²) in [6, 6.07) is 4.59. The summed E-state index contributed by atoms with van der Waals surface area (Å²) in [7, 11) is 0. The van der Waals surface area contributed by atoms with Gasteiger partial charge in [0.2, 0.25) is 0 Å². The number of amides is 2. The van der Waals surface area contributed by atoms with Crippen molar-refractivity contribution in [2.45, 2.75) is 18.9 Å². The fourth-order valence-electron chi connectivity index (χ4n) is 1.58. The largest absolute Gasteiger partial charge is 0.508 e. The standard InChI is InChI=1S/C13H19N3O4/c14-6-1-7-15-13(20)16-11(12(18)19)8-9-2-4-10(17)5-3-9/h2-5,11,17H,1,6-8,14H2,(H,18,19)(H2,15,16,20). The summed E-state index contributed by atoms with van der Waals surface area (Å²) >= 11 is 0. The van der Waals surface area contributed by atoms with Crippen LogP contribution in [0.3, 0.4) is 0 Å². The van der Waals surface area contributed by atoms with Crippen molar-refractivity contribution < 1.29 is 19.8 Å². The molecule has 1 unspecified atom stereocenters. The third kappa shape index (κ3) is 5.57. The third-order valence-corrected chi connectivity index (χ3v) is 2.65. The molecule has 0 fully saturated rings. The summed E-state index contributed by atoms with van der Waals surface area (Å²) in [4.78, 5) is 22.6. The van der Waals surface area contributed by atoms with Gasteiger partial charge < -0.3 is 26.6 Å². The van der Waals surface area contributed by atoms with Crippen molar-refractivity contribution >= 4 is 12.0 Å². The Kier molecular flexibility index (Phi) is 6.31. The van der Waals surface area contributed by atoms with Crippen molar-refractivity contribution in [2.24, 2.45) is 5.73 Å². The molecule has 110 valence electrons. The molecule has 0 aliphatic carbocycles. The van der Waals surface area contributed by atoms with Crippen LogP contribution in [0.4, 0.5) is 4.79 Å². The smallest absolute Gasteiger partial charge is 0.326 e. The minimum atomic E-state index is -1.12. The maximum Gasteiger partial charge on any atom is 0.326 e. The molecule has 7 heteroatoms. The number of rotatable bonds is 7. The van der Waals surface area contributed by atoms with Crippen LogP contribution in [-0.4, -0.2) is 41.3 Å². The number of urea groups is 1. The predicted molar refractivity (Wildman–Crippen MR) is 73.4 cm³/mol. The van der Waals surface area contributed by atoms with Crippen LogP contribution in [0.15, 0.2) is 24.3 Å². The molecule has 6 N–H and O–H groups in total. The highest BCUT2D eigenvalue weighted by Gasteiger charge is 2.20. The highest BCUT2D eigenvalue weighted by Crippen LogP contribution is 2.11. The molecule has 0 bridgehead atoms. The monoisotopic (exact) mass is 281 g/mol. The van der Waals surface area contributed by atoms with Gasteiger partial charge in [-0.05, 0) is 30.7 Å². The zero-order chi connectivity index (χ0) is 15.0. The van der Waals surface area contributed by atoms with Gasteiger partial charge in [-0.15, -0.1) is 0 Å². The van der Waals surface area contributed by atoms with Gasteiger partial charge in [-0.1, -0.05) is 12.1 Å². The van der Waals surface area contributed by atoms with Crippen molar-refractivity contribution in [3.8, 4) is 5.75 Å². The fraction of sp³-hybridized carbons (Fsp3) is 0.385. The zero-order valence-corrected chi connectivity index (χ0v) is 11.0. The summed E-state index contributed by atoms with van der Waals surface area (Å²) in [5.74, 6) is -1.01. The maximum atomic E-state index is 11.5. The number of aliphatic carboxylic acids is 1. The van der Waals surface area contributed by atoms with Crippen LogP contribution in [-0.2, 0) is 11.2 Å². The van der Waals surface area contributed by atoms with Gasteiger partial charge in [0.25, 0.3) is 0 Å². The van der Waals surface area contributed by atoms with E-state index in [1.54, 1.807) is 12.1 Å². The average molecular weight is 281 g/mol. The van der Waals surface area contributed by atoms with Gasteiger partial charge in [0, 0.05) is 13.0 Å². The van der Waals surface area contributed by atoms with Gasteiger partial charge in [-0.3, -0.25) is 0 Å². The van der Waals surface area contributed by atoms with E-state index in [9.17, 15) is 9.59 Å². The molecular formula is C13H19N3O4. The molecule has 7 nitrogen and oxygen atoms in total. The summed E-state index contributed by atoms with van der Waals surface area (Å²) < 4.78 is 0. The topological polar surface area (TPSA) is 125 Å². The van der Waals surface area contributed by atoms with E-state index in [4.69, 9.17) is 15.9 Å². The number of carboxylic acid groups (broad SMARTS) is 1. The van der Waals surface area contributed by atoms with Crippen molar-refractivity contribution in [1.82, 2.24) is 10.6 Å². The van der Waals surface area contributed by atoms with E-state index in [2.05, 4.69) is 10.6 Å². The Labute approximate surface area is 116 Å². The van der Waals surface area contributed by atoms with Gasteiger partial charge in [-0.25, -0.2) is 9.59 Å². The molecule has 0 aromatic heterocycles. The van der Waals surface area contributed by atoms with E-state index < -0.39 is 18.0 Å². The summed E-state index contributed by atoms with van der Waals surface area (Å²) in [5, 5.41) is 23.2. The van der Waals surface area contributed by atoms with Crippen molar-refractivity contribution in [1.29, 1.82) is 0 Å². The molecular weight excluding hydrogens is 262 g/mol.